The number of nitrogens with one attached hydrogen (secondary N) is 1. The maximum atomic E-state index is 12.5. The van der Waals surface area contributed by atoms with E-state index in [4.69, 9.17) is 4.74 Å². The smallest absolute Gasteiger partial charge is 0.324 e. The van der Waals surface area contributed by atoms with E-state index in [1.807, 2.05) is 4.90 Å². The van der Waals surface area contributed by atoms with Crippen molar-refractivity contribution in [3.63, 3.8) is 0 Å². The Labute approximate surface area is 136 Å². The minimum absolute atomic E-state index is 0.00809. The Morgan fingerprint density at radius 2 is 1.91 bits per heavy atom. The standard InChI is InChI=1S/C16H25N3O4/c20-14-3-7-19(16(22)17-14)11-15(21)18-6-1-2-13(10-18)12-4-8-23-9-5-12/h12-13H,1-11H2,(H,17,20,22)/t13-/m0/s1. The van der Waals surface area contributed by atoms with Gasteiger partial charge in [-0.2, -0.15) is 0 Å². The molecule has 7 nitrogen and oxygen atoms in total. The summed E-state index contributed by atoms with van der Waals surface area (Å²) in [6, 6.07) is -0.451. The molecule has 7 heteroatoms. The van der Waals surface area contributed by atoms with Crippen molar-refractivity contribution in [2.45, 2.75) is 32.1 Å². The lowest BCUT2D eigenvalue weighted by Crippen LogP contribution is -2.54. The van der Waals surface area contributed by atoms with Crippen molar-refractivity contribution in [3.8, 4) is 0 Å². The molecule has 3 aliphatic rings. The van der Waals surface area contributed by atoms with Gasteiger partial charge in [-0.3, -0.25) is 14.9 Å². The van der Waals surface area contributed by atoms with E-state index >= 15 is 0 Å². The minimum atomic E-state index is -0.451. The Morgan fingerprint density at radius 1 is 1.13 bits per heavy atom. The van der Waals surface area contributed by atoms with E-state index in [1.165, 1.54) is 11.3 Å². The summed E-state index contributed by atoms with van der Waals surface area (Å²) < 4.78 is 5.43. The van der Waals surface area contributed by atoms with Gasteiger partial charge in [0.25, 0.3) is 0 Å². The summed E-state index contributed by atoms with van der Waals surface area (Å²) in [5.74, 6) is 0.922. The monoisotopic (exact) mass is 323 g/mol. The fraction of sp³-hybridized carbons (Fsp3) is 0.812. The Hall–Kier alpha value is -1.63. The van der Waals surface area contributed by atoms with Gasteiger partial charge >= 0.3 is 6.03 Å². The van der Waals surface area contributed by atoms with Crippen LogP contribution in [0.15, 0.2) is 0 Å². The Kier molecular flexibility index (Phi) is 5.15. The highest BCUT2D eigenvalue weighted by atomic mass is 16.5. The molecule has 0 aromatic carbocycles. The van der Waals surface area contributed by atoms with Gasteiger partial charge in [0.1, 0.15) is 6.54 Å². The highest BCUT2D eigenvalue weighted by molar-refractivity contribution is 5.98. The minimum Gasteiger partial charge on any atom is -0.381 e. The summed E-state index contributed by atoms with van der Waals surface area (Å²) in [5.41, 5.74) is 0. The number of piperidine rings is 1. The summed E-state index contributed by atoms with van der Waals surface area (Å²) in [6.45, 7) is 3.62. The molecule has 3 saturated heterocycles. The van der Waals surface area contributed by atoms with Crippen LogP contribution in [-0.2, 0) is 14.3 Å². The van der Waals surface area contributed by atoms with Gasteiger partial charge < -0.3 is 14.5 Å². The van der Waals surface area contributed by atoms with Crippen molar-refractivity contribution >= 4 is 17.8 Å². The van der Waals surface area contributed by atoms with Crippen LogP contribution in [0.5, 0.6) is 0 Å². The third-order valence-electron chi connectivity index (χ3n) is 5.21. The first-order chi connectivity index (χ1) is 11.1. The van der Waals surface area contributed by atoms with Gasteiger partial charge in [-0.05, 0) is 37.5 Å². The fourth-order valence-electron chi connectivity index (χ4n) is 3.82. The average molecular weight is 323 g/mol. The molecule has 3 heterocycles. The topological polar surface area (TPSA) is 79.0 Å². The number of rotatable bonds is 3. The number of hydrogen-bond acceptors (Lipinski definition) is 4. The van der Waals surface area contributed by atoms with Crippen molar-refractivity contribution in [3.05, 3.63) is 0 Å². The quantitative estimate of drug-likeness (QED) is 0.824. The third-order valence-corrected chi connectivity index (χ3v) is 5.21. The molecule has 3 fully saturated rings. The van der Waals surface area contributed by atoms with Crippen LogP contribution in [-0.4, -0.2) is 67.0 Å². The summed E-state index contributed by atoms with van der Waals surface area (Å²) in [4.78, 5) is 38.7. The summed E-state index contributed by atoms with van der Waals surface area (Å²) in [7, 11) is 0. The van der Waals surface area contributed by atoms with Crippen LogP contribution in [0.2, 0.25) is 0 Å². The zero-order valence-electron chi connectivity index (χ0n) is 13.5. The van der Waals surface area contributed by atoms with E-state index in [9.17, 15) is 14.4 Å². The molecule has 0 radical (unpaired) electrons. The molecule has 3 aliphatic heterocycles. The normalized spacial score (nSPS) is 27.0. The Balaban J connectivity index is 1.52. The first-order valence-corrected chi connectivity index (χ1v) is 8.58. The van der Waals surface area contributed by atoms with Crippen molar-refractivity contribution in [1.82, 2.24) is 15.1 Å². The zero-order valence-corrected chi connectivity index (χ0v) is 13.5. The number of amides is 4. The maximum Gasteiger partial charge on any atom is 0.324 e. The van der Waals surface area contributed by atoms with Crippen molar-refractivity contribution in [2.24, 2.45) is 11.8 Å². The van der Waals surface area contributed by atoms with Gasteiger partial charge in [0.05, 0.1) is 0 Å². The lowest BCUT2D eigenvalue weighted by atomic mass is 9.81. The van der Waals surface area contributed by atoms with E-state index in [-0.39, 0.29) is 24.8 Å². The number of carbonyl (C=O) groups excluding carboxylic acids is 3. The molecule has 1 N–H and O–H groups in total. The van der Waals surface area contributed by atoms with E-state index in [0.29, 0.717) is 18.4 Å². The number of ether oxygens (including phenoxy) is 1. The number of nitrogens with zero attached hydrogens (tertiary/aromatic N) is 2. The van der Waals surface area contributed by atoms with Gasteiger partial charge in [0.15, 0.2) is 0 Å². The molecule has 3 rings (SSSR count). The van der Waals surface area contributed by atoms with Gasteiger partial charge in [0, 0.05) is 39.3 Å². The molecule has 0 spiro atoms. The molecule has 4 amide bonds. The first-order valence-electron chi connectivity index (χ1n) is 8.58. The molecule has 0 aromatic rings. The van der Waals surface area contributed by atoms with Gasteiger partial charge in [-0.15, -0.1) is 0 Å². The summed E-state index contributed by atoms with van der Waals surface area (Å²) in [6.07, 6.45) is 4.64. The average Bonchev–Trinajstić information content (AvgIpc) is 2.58. The predicted octanol–water partition coefficient (Wildman–Crippen LogP) is 0.594. The maximum absolute atomic E-state index is 12.5. The van der Waals surface area contributed by atoms with E-state index in [2.05, 4.69) is 5.32 Å². The van der Waals surface area contributed by atoms with Gasteiger partial charge in [-0.25, -0.2) is 4.79 Å². The predicted molar refractivity (Wildman–Crippen MR) is 82.6 cm³/mol. The molecule has 128 valence electrons. The van der Waals surface area contributed by atoms with Gasteiger partial charge in [0.2, 0.25) is 11.8 Å². The second-order valence-corrected chi connectivity index (χ2v) is 6.72. The molecule has 0 aliphatic carbocycles. The molecule has 0 unspecified atom stereocenters. The largest absolute Gasteiger partial charge is 0.381 e. The van der Waals surface area contributed by atoms with Crippen LogP contribution >= 0.6 is 0 Å². The number of imide groups is 1. The van der Waals surface area contributed by atoms with Crippen LogP contribution < -0.4 is 5.32 Å². The Bertz CT molecular complexity index is 476. The van der Waals surface area contributed by atoms with Crippen molar-refractivity contribution in [1.29, 1.82) is 0 Å². The highest BCUT2D eigenvalue weighted by Gasteiger charge is 2.32. The third kappa shape index (κ3) is 4.02. The molecule has 23 heavy (non-hydrogen) atoms. The first kappa shape index (κ1) is 16.2. The molecule has 0 bridgehead atoms. The summed E-state index contributed by atoms with van der Waals surface area (Å²) >= 11 is 0. The molecule has 0 aromatic heterocycles. The lowest BCUT2D eigenvalue weighted by Gasteiger charge is -2.39. The Morgan fingerprint density at radius 3 is 2.65 bits per heavy atom. The number of hydrogen-bond donors (Lipinski definition) is 1. The van der Waals surface area contributed by atoms with Crippen LogP contribution in [0, 0.1) is 11.8 Å². The summed E-state index contributed by atoms with van der Waals surface area (Å²) in [5, 5.41) is 2.26. The lowest BCUT2D eigenvalue weighted by molar-refractivity contribution is -0.135. The van der Waals surface area contributed by atoms with E-state index in [1.54, 1.807) is 0 Å². The van der Waals surface area contributed by atoms with Crippen LogP contribution in [0.3, 0.4) is 0 Å². The SMILES string of the molecule is O=C1CCN(CC(=O)N2CCC[C@H](C3CCOCC3)C2)C(=O)N1. The molecular formula is C16H25N3O4. The van der Waals surface area contributed by atoms with Crippen molar-refractivity contribution in [2.75, 3.05) is 39.4 Å². The molecule has 0 saturated carbocycles. The number of likely N-dealkylation sites (tertiary alicyclic amines) is 1. The van der Waals surface area contributed by atoms with Crippen LogP contribution in [0.1, 0.15) is 32.1 Å². The van der Waals surface area contributed by atoms with E-state index < -0.39 is 6.03 Å². The van der Waals surface area contributed by atoms with E-state index in [0.717, 1.165) is 45.6 Å². The van der Waals surface area contributed by atoms with Crippen LogP contribution in [0.4, 0.5) is 4.79 Å². The number of carbonyl (C=O) groups is 3. The number of urea groups is 1. The van der Waals surface area contributed by atoms with Crippen molar-refractivity contribution < 1.29 is 19.1 Å². The van der Waals surface area contributed by atoms with Crippen LogP contribution in [0.25, 0.3) is 0 Å². The molecule has 1 atom stereocenters. The molecular weight excluding hydrogens is 298 g/mol. The second kappa shape index (κ2) is 7.29. The highest BCUT2D eigenvalue weighted by Crippen LogP contribution is 2.30. The fourth-order valence-corrected chi connectivity index (χ4v) is 3.82. The second-order valence-electron chi connectivity index (χ2n) is 6.72. The van der Waals surface area contributed by atoms with Gasteiger partial charge in [-0.1, -0.05) is 0 Å². The zero-order chi connectivity index (χ0) is 16.2.